The maximum absolute atomic E-state index is 12.7. The summed E-state index contributed by atoms with van der Waals surface area (Å²) in [4.78, 5) is 18.1. The fraction of sp³-hybridized carbons (Fsp3) is 0.250. The third kappa shape index (κ3) is 4.14. The van der Waals surface area contributed by atoms with E-state index in [1.54, 1.807) is 24.8 Å². The van der Waals surface area contributed by atoms with E-state index in [0.717, 1.165) is 11.1 Å². The van der Waals surface area contributed by atoms with Crippen LogP contribution in [0.3, 0.4) is 0 Å². The highest BCUT2D eigenvalue weighted by Crippen LogP contribution is 2.24. The Balaban J connectivity index is 1.79. The molecule has 0 spiro atoms. The summed E-state index contributed by atoms with van der Waals surface area (Å²) in [5.74, 6) is 0.834. The summed E-state index contributed by atoms with van der Waals surface area (Å²) in [5, 5.41) is 6.77. The van der Waals surface area contributed by atoms with Crippen LogP contribution in [0.4, 0.5) is 0 Å². The summed E-state index contributed by atoms with van der Waals surface area (Å²) in [5.41, 5.74) is 2.69. The van der Waals surface area contributed by atoms with Crippen LogP contribution in [0, 0.1) is 6.92 Å². The zero-order chi connectivity index (χ0) is 18.5. The molecule has 0 fully saturated rings. The lowest BCUT2D eigenvalue weighted by Crippen LogP contribution is -2.28. The standard InChI is InChI=1S/C20H21N3O2S/c1-4-18(20-21-13(2)23-25-20)22-19(24)16-7-5-6-15(12-16)14-8-10-17(26-3)11-9-14/h5-12,18H,4H2,1-3H3,(H,22,24)/t18-/m1/s1. The summed E-state index contributed by atoms with van der Waals surface area (Å²) in [6.07, 6.45) is 2.72. The average Bonchev–Trinajstić information content (AvgIpc) is 3.12. The molecule has 3 rings (SSSR count). The van der Waals surface area contributed by atoms with Gasteiger partial charge in [-0.25, -0.2) is 0 Å². The van der Waals surface area contributed by atoms with Gasteiger partial charge in [-0.2, -0.15) is 4.98 Å². The molecule has 0 radical (unpaired) electrons. The van der Waals surface area contributed by atoms with Crippen molar-refractivity contribution < 1.29 is 9.32 Å². The molecule has 0 saturated carbocycles. The first kappa shape index (κ1) is 18.2. The minimum Gasteiger partial charge on any atom is -0.340 e. The van der Waals surface area contributed by atoms with Crippen molar-refractivity contribution in [3.05, 3.63) is 65.8 Å². The molecule has 1 amide bonds. The van der Waals surface area contributed by atoms with Crippen LogP contribution >= 0.6 is 11.8 Å². The maximum Gasteiger partial charge on any atom is 0.251 e. The Labute approximate surface area is 157 Å². The molecule has 0 unspecified atom stereocenters. The zero-order valence-electron chi connectivity index (χ0n) is 15.0. The minimum absolute atomic E-state index is 0.157. The molecule has 0 aliphatic heterocycles. The van der Waals surface area contributed by atoms with Crippen molar-refractivity contribution in [3.8, 4) is 11.1 Å². The summed E-state index contributed by atoms with van der Waals surface area (Å²) >= 11 is 1.71. The predicted molar refractivity (Wildman–Crippen MR) is 103 cm³/mol. The summed E-state index contributed by atoms with van der Waals surface area (Å²) in [6.45, 7) is 3.72. The van der Waals surface area contributed by atoms with Crippen LogP contribution in [-0.4, -0.2) is 22.3 Å². The molecule has 6 heteroatoms. The molecule has 1 aromatic heterocycles. The van der Waals surface area contributed by atoms with Crippen molar-refractivity contribution in [3.63, 3.8) is 0 Å². The maximum atomic E-state index is 12.7. The molecule has 3 aromatic rings. The Morgan fingerprint density at radius 1 is 1.19 bits per heavy atom. The Morgan fingerprint density at radius 3 is 2.58 bits per heavy atom. The number of carbonyl (C=O) groups excluding carboxylic acids is 1. The van der Waals surface area contributed by atoms with E-state index < -0.39 is 0 Å². The zero-order valence-corrected chi connectivity index (χ0v) is 15.8. The first-order valence-corrected chi connectivity index (χ1v) is 9.68. The highest BCUT2D eigenvalue weighted by Gasteiger charge is 2.19. The molecule has 1 N–H and O–H groups in total. The number of amides is 1. The Hall–Kier alpha value is -2.60. The molecule has 0 saturated heterocycles. The van der Waals surface area contributed by atoms with Gasteiger partial charge in [-0.05, 0) is 55.0 Å². The number of nitrogens with one attached hydrogen (secondary N) is 1. The summed E-state index contributed by atoms with van der Waals surface area (Å²) in [6, 6.07) is 15.6. The largest absolute Gasteiger partial charge is 0.340 e. The van der Waals surface area contributed by atoms with Gasteiger partial charge in [0.05, 0.1) is 0 Å². The van der Waals surface area contributed by atoms with Gasteiger partial charge >= 0.3 is 0 Å². The van der Waals surface area contributed by atoms with E-state index in [4.69, 9.17) is 4.52 Å². The van der Waals surface area contributed by atoms with Gasteiger partial charge in [-0.3, -0.25) is 4.79 Å². The molecule has 1 heterocycles. The van der Waals surface area contributed by atoms with Crippen molar-refractivity contribution in [1.82, 2.24) is 15.5 Å². The highest BCUT2D eigenvalue weighted by molar-refractivity contribution is 7.98. The lowest BCUT2D eigenvalue weighted by atomic mass is 10.0. The van der Waals surface area contributed by atoms with E-state index in [1.807, 2.05) is 25.1 Å². The highest BCUT2D eigenvalue weighted by atomic mass is 32.2. The van der Waals surface area contributed by atoms with E-state index in [2.05, 4.69) is 46.0 Å². The summed E-state index contributed by atoms with van der Waals surface area (Å²) < 4.78 is 5.19. The normalized spacial score (nSPS) is 12.0. The molecule has 0 aliphatic carbocycles. The lowest BCUT2D eigenvalue weighted by molar-refractivity contribution is 0.0927. The monoisotopic (exact) mass is 367 g/mol. The second-order valence-corrected chi connectivity index (χ2v) is 6.80. The number of hydrogen-bond acceptors (Lipinski definition) is 5. The van der Waals surface area contributed by atoms with Gasteiger partial charge in [0, 0.05) is 10.5 Å². The van der Waals surface area contributed by atoms with Crippen LogP contribution in [0.15, 0.2) is 57.9 Å². The van der Waals surface area contributed by atoms with Gasteiger partial charge in [0.2, 0.25) is 5.89 Å². The predicted octanol–water partition coefficient (Wildman–Crippen LogP) is 4.65. The Bertz CT molecular complexity index is 890. The number of rotatable bonds is 6. The fourth-order valence-corrected chi connectivity index (χ4v) is 3.07. The quantitative estimate of drug-likeness (QED) is 0.642. The van der Waals surface area contributed by atoms with Gasteiger partial charge in [0.25, 0.3) is 5.91 Å². The van der Waals surface area contributed by atoms with Crippen LogP contribution in [0.1, 0.15) is 41.5 Å². The van der Waals surface area contributed by atoms with E-state index >= 15 is 0 Å². The number of benzene rings is 2. The van der Waals surface area contributed by atoms with Crippen LogP contribution < -0.4 is 5.32 Å². The molecule has 1 atom stereocenters. The lowest BCUT2D eigenvalue weighted by Gasteiger charge is -2.13. The molecular weight excluding hydrogens is 346 g/mol. The van der Waals surface area contributed by atoms with Crippen molar-refractivity contribution in [1.29, 1.82) is 0 Å². The first-order chi connectivity index (χ1) is 12.6. The number of aryl methyl sites for hydroxylation is 1. The van der Waals surface area contributed by atoms with Gasteiger partial charge in [0.1, 0.15) is 6.04 Å². The van der Waals surface area contributed by atoms with Crippen LogP contribution in [0.2, 0.25) is 0 Å². The van der Waals surface area contributed by atoms with Crippen molar-refractivity contribution >= 4 is 17.7 Å². The van der Waals surface area contributed by atoms with Gasteiger partial charge in [-0.15, -0.1) is 11.8 Å². The fourth-order valence-electron chi connectivity index (χ4n) is 2.66. The van der Waals surface area contributed by atoms with E-state index in [1.165, 1.54) is 4.90 Å². The molecule has 26 heavy (non-hydrogen) atoms. The number of hydrogen-bond donors (Lipinski definition) is 1. The van der Waals surface area contributed by atoms with E-state index in [-0.39, 0.29) is 11.9 Å². The second-order valence-electron chi connectivity index (χ2n) is 5.92. The first-order valence-electron chi connectivity index (χ1n) is 8.46. The second kappa shape index (κ2) is 8.19. The number of carbonyl (C=O) groups is 1. The van der Waals surface area contributed by atoms with Gasteiger partial charge in [0.15, 0.2) is 5.82 Å². The SMILES string of the molecule is CC[C@@H](NC(=O)c1cccc(-c2ccc(SC)cc2)c1)c1nc(C)no1. The van der Waals surface area contributed by atoms with Crippen molar-refractivity contribution in [2.45, 2.75) is 31.2 Å². The molecular formula is C20H21N3O2S. The molecule has 0 aliphatic rings. The van der Waals surface area contributed by atoms with Crippen molar-refractivity contribution in [2.75, 3.05) is 6.26 Å². The number of nitrogens with zero attached hydrogens (tertiary/aromatic N) is 2. The molecule has 134 valence electrons. The van der Waals surface area contributed by atoms with Gasteiger partial charge < -0.3 is 9.84 Å². The van der Waals surface area contributed by atoms with Crippen LogP contribution in [0.5, 0.6) is 0 Å². The third-order valence-electron chi connectivity index (χ3n) is 4.10. The topological polar surface area (TPSA) is 68.0 Å². The average molecular weight is 367 g/mol. The van der Waals surface area contributed by atoms with Crippen LogP contribution in [0.25, 0.3) is 11.1 Å². The van der Waals surface area contributed by atoms with Gasteiger partial charge in [-0.1, -0.05) is 36.3 Å². The molecule has 5 nitrogen and oxygen atoms in total. The Kier molecular flexibility index (Phi) is 5.73. The van der Waals surface area contributed by atoms with E-state index in [9.17, 15) is 4.79 Å². The van der Waals surface area contributed by atoms with E-state index in [0.29, 0.717) is 23.7 Å². The molecule has 0 bridgehead atoms. The summed E-state index contributed by atoms with van der Waals surface area (Å²) in [7, 11) is 0. The minimum atomic E-state index is -0.298. The van der Waals surface area contributed by atoms with Crippen LogP contribution in [-0.2, 0) is 0 Å². The number of thioether (sulfide) groups is 1. The smallest absolute Gasteiger partial charge is 0.251 e. The van der Waals surface area contributed by atoms with Crippen molar-refractivity contribution in [2.24, 2.45) is 0 Å². The number of aromatic nitrogens is 2. The Morgan fingerprint density at radius 2 is 1.96 bits per heavy atom. The molecule has 2 aromatic carbocycles. The third-order valence-corrected chi connectivity index (χ3v) is 4.85.